The number of hydrogen-bond acceptors (Lipinski definition) is 1. The SMILES string of the molecule is CCCCCCCCC1(CCCCCCCC)c2cc(Br)ccc2-c2ccc(C#N)cc21. The van der Waals surface area contributed by atoms with Gasteiger partial charge in [-0.15, -0.1) is 0 Å². The standard InChI is InChI=1S/C30H40BrN/c1-3-5-7-9-11-13-19-30(20-14-12-10-8-6-4-2)28-21-24(23-32)15-17-26(28)27-18-16-25(31)22-29(27)30/h15-18,21-22H,3-14,19-20H2,1-2H3. The quantitative estimate of drug-likeness (QED) is 0.240. The van der Waals surface area contributed by atoms with Crippen molar-refractivity contribution in [2.75, 3.05) is 0 Å². The van der Waals surface area contributed by atoms with E-state index in [1.54, 1.807) is 0 Å². The molecule has 0 radical (unpaired) electrons. The van der Waals surface area contributed by atoms with Crippen molar-refractivity contribution in [2.45, 2.75) is 109 Å². The Balaban J connectivity index is 1.89. The highest BCUT2D eigenvalue weighted by Crippen LogP contribution is 2.55. The summed E-state index contributed by atoms with van der Waals surface area (Å²) in [7, 11) is 0. The van der Waals surface area contributed by atoms with Gasteiger partial charge < -0.3 is 0 Å². The van der Waals surface area contributed by atoms with Crippen LogP contribution in [0.15, 0.2) is 40.9 Å². The molecule has 172 valence electrons. The van der Waals surface area contributed by atoms with Crippen LogP contribution >= 0.6 is 15.9 Å². The predicted octanol–water partition coefficient (Wildman–Crippen LogP) is 10.1. The smallest absolute Gasteiger partial charge is 0.0991 e. The van der Waals surface area contributed by atoms with E-state index in [2.05, 4.69) is 66.2 Å². The highest BCUT2D eigenvalue weighted by molar-refractivity contribution is 9.10. The molecule has 0 atom stereocenters. The first-order valence-electron chi connectivity index (χ1n) is 13.0. The molecule has 3 rings (SSSR count). The molecule has 0 unspecified atom stereocenters. The summed E-state index contributed by atoms with van der Waals surface area (Å²) in [6.07, 6.45) is 18.3. The van der Waals surface area contributed by atoms with Crippen LogP contribution in [-0.4, -0.2) is 0 Å². The third-order valence-corrected chi connectivity index (χ3v) is 7.86. The lowest BCUT2D eigenvalue weighted by molar-refractivity contribution is 0.397. The maximum atomic E-state index is 9.64. The number of hydrogen-bond donors (Lipinski definition) is 0. The van der Waals surface area contributed by atoms with Gasteiger partial charge in [-0.1, -0.05) is 119 Å². The summed E-state index contributed by atoms with van der Waals surface area (Å²) in [5.41, 5.74) is 6.47. The number of rotatable bonds is 14. The Kier molecular flexibility index (Phi) is 9.86. The topological polar surface area (TPSA) is 23.8 Å². The van der Waals surface area contributed by atoms with Crippen molar-refractivity contribution in [3.8, 4) is 17.2 Å². The summed E-state index contributed by atoms with van der Waals surface area (Å²) in [5, 5.41) is 9.64. The summed E-state index contributed by atoms with van der Waals surface area (Å²) in [6.45, 7) is 4.57. The zero-order valence-electron chi connectivity index (χ0n) is 20.2. The molecule has 32 heavy (non-hydrogen) atoms. The van der Waals surface area contributed by atoms with E-state index in [1.807, 2.05) is 6.07 Å². The van der Waals surface area contributed by atoms with Gasteiger partial charge in [0.05, 0.1) is 11.6 Å². The monoisotopic (exact) mass is 493 g/mol. The fraction of sp³-hybridized carbons (Fsp3) is 0.567. The normalized spacial score (nSPS) is 13.6. The maximum Gasteiger partial charge on any atom is 0.0991 e. The van der Waals surface area contributed by atoms with Crippen molar-refractivity contribution in [3.63, 3.8) is 0 Å². The third-order valence-electron chi connectivity index (χ3n) is 7.37. The molecule has 0 aliphatic heterocycles. The minimum Gasteiger partial charge on any atom is -0.192 e. The van der Waals surface area contributed by atoms with E-state index in [1.165, 1.54) is 117 Å². The van der Waals surface area contributed by atoms with Gasteiger partial charge in [-0.05, 0) is 59.4 Å². The molecule has 2 heteroatoms. The van der Waals surface area contributed by atoms with E-state index in [4.69, 9.17) is 0 Å². The van der Waals surface area contributed by atoms with Gasteiger partial charge in [0.2, 0.25) is 0 Å². The van der Waals surface area contributed by atoms with E-state index in [0.717, 1.165) is 5.56 Å². The van der Waals surface area contributed by atoms with Crippen LogP contribution in [0.2, 0.25) is 0 Å². The zero-order chi connectivity index (χ0) is 22.8. The number of fused-ring (bicyclic) bond motifs is 3. The van der Waals surface area contributed by atoms with Gasteiger partial charge in [-0.25, -0.2) is 0 Å². The number of nitrogens with zero attached hydrogens (tertiary/aromatic N) is 1. The lowest BCUT2D eigenvalue weighted by Crippen LogP contribution is -2.25. The van der Waals surface area contributed by atoms with Crippen LogP contribution in [0.4, 0.5) is 0 Å². The highest BCUT2D eigenvalue weighted by atomic mass is 79.9. The average Bonchev–Trinajstić information content (AvgIpc) is 3.07. The summed E-state index contributed by atoms with van der Waals surface area (Å²) in [6, 6.07) is 15.6. The van der Waals surface area contributed by atoms with E-state index in [-0.39, 0.29) is 5.41 Å². The lowest BCUT2D eigenvalue weighted by Gasteiger charge is -2.33. The van der Waals surface area contributed by atoms with Gasteiger partial charge in [-0.3, -0.25) is 0 Å². The Morgan fingerprint density at radius 1 is 0.688 bits per heavy atom. The minimum atomic E-state index is 0.0524. The number of benzene rings is 2. The summed E-state index contributed by atoms with van der Waals surface area (Å²) >= 11 is 3.76. The molecule has 0 spiro atoms. The van der Waals surface area contributed by atoms with Crippen LogP contribution in [0, 0.1) is 11.3 Å². The van der Waals surface area contributed by atoms with Crippen LogP contribution in [0.3, 0.4) is 0 Å². The highest BCUT2D eigenvalue weighted by Gasteiger charge is 2.42. The van der Waals surface area contributed by atoms with E-state index < -0.39 is 0 Å². The average molecular weight is 495 g/mol. The Morgan fingerprint density at radius 2 is 1.19 bits per heavy atom. The lowest BCUT2D eigenvalue weighted by atomic mass is 9.70. The van der Waals surface area contributed by atoms with Gasteiger partial charge in [0, 0.05) is 9.89 Å². The first-order chi connectivity index (χ1) is 15.7. The molecule has 0 aromatic heterocycles. The summed E-state index contributed by atoms with van der Waals surface area (Å²) in [5.74, 6) is 0. The molecule has 0 saturated carbocycles. The molecule has 1 nitrogen and oxygen atoms in total. The second-order valence-electron chi connectivity index (χ2n) is 9.68. The Morgan fingerprint density at radius 3 is 1.75 bits per heavy atom. The molecule has 0 saturated heterocycles. The molecular formula is C30H40BrN. The van der Waals surface area contributed by atoms with Crippen LogP contribution in [-0.2, 0) is 5.41 Å². The second kappa shape index (κ2) is 12.6. The van der Waals surface area contributed by atoms with Gasteiger partial charge >= 0.3 is 0 Å². The fourth-order valence-corrected chi connectivity index (χ4v) is 5.98. The van der Waals surface area contributed by atoms with Crippen molar-refractivity contribution in [3.05, 3.63) is 57.6 Å². The predicted molar refractivity (Wildman–Crippen MR) is 141 cm³/mol. The molecule has 2 aromatic carbocycles. The summed E-state index contributed by atoms with van der Waals surface area (Å²) < 4.78 is 1.17. The van der Waals surface area contributed by atoms with Crippen LogP contribution in [0.1, 0.15) is 120 Å². The van der Waals surface area contributed by atoms with Crippen LogP contribution < -0.4 is 0 Å². The summed E-state index contributed by atoms with van der Waals surface area (Å²) in [4.78, 5) is 0. The fourth-order valence-electron chi connectivity index (χ4n) is 5.61. The Labute approximate surface area is 204 Å². The molecule has 0 amide bonds. The van der Waals surface area contributed by atoms with Gasteiger partial charge in [-0.2, -0.15) is 5.26 Å². The number of nitriles is 1. The first kappa shape index (κ1) is 25.0. The van der Waals surface area contributed by atoms with Crippen LogP contribution in [0.25, 0.3) is 11.1 Å². The van der Waals surface area contributed by atoms with Crippen molar-refractivity contribution in [1.82, 2.24) is 0 Å². The van der Waals surface area contributed by atoms with Crippen molar-refractivity contribution in [1.29, 1.82) is 5.26 Å². The van der Waals surface area contributed by atoms with Crippen molar-refractivity contribution < 1.29 is 0 Å². The molecule has 0 N–H and O–H groups in total. The van der Waals surface area contributed by atoms with Gasteiger partial charge in [0.1, 0.15) is 0 Å². The minimum absolute atomic E-state index is 0.0524. The van der Waals surface area contributed by atoms with E-state index in [0.29, 0.717) is 0 Å². The molecule has 0 bridgehead atoms. The van der Waals surface area contributed by atoms with Crippen molar-refractivity contribution >= 4 is 15.9 Å². The second-order valence-corrected chi connectivity index (χ2v) is 10.6. The third kappa shape index (κ3) is 5.85. The molecule has 1 aliphatic rings. The van der Waals surface area contributed by atoms with E-state index >= 15 is 0 Å². The Bertz CT molecular complexity index is 892. The van der Waals surface area contributed by atoms with Crippen LogP contribution in [0.5, 0.6) is 0 Å². The molecule has 0 heterocycles. The van der Waals surface area contributed by atoms with E-state index in [9.17, 15) is 5.26 Å². The van der Waals surface area contributed by atoms with Gasteiger partial charge in [0.25, 0.3) is 0 Å². The molecule has 2 aromatic rings. The largest absolute Gasteiger partial charge is 0.192 e. The van der Waals surface area contributed by atoms with Crippen molar-refractivity contribution in [2.24, 2.45) is 0 Å². The molecular weight excluding hydrogens is 454 g/mol. The number of halogens is 1. The molecule has 0 fully saturated rings. The van der Waals surface area contributed by atoms with Gasteiger partial charge in [0.15, 0.2) is 0 Å². The molecule has 1 aliphatic carbocycles. The first-order valence-corrected chi connectivity index (χ1v) is 13.8. The zero-order valence-corrected chi connectivity index (χ0v) is 21.8. The Hall–Kier alpha value is -1.59. The number of unbranched alkanes of at least 4 members (excludes halogenated alkanes) is 10. The maximum absolute atomic E-state index is 9.64.